The Morgan fingerprint density at radius 2 is 2.00 bits per heavy atom. The number of thiocarbonyl (C=S) groups is 1. The van der Waals surface area contributed by atoms with Crippen molar-refractivity contribution in [3.05, 3.63) is 64.2 Å². The van der Waals surface area contributed by atoms with Gasteiger partial charge in [-0.25, -0.2) is 0 Å². The van der Waals surface area contributed by atoms with Crippen LogP contribution in [0.3, 0.4) is 0 Å². The van der Waals surface area contributed by atoms with Crippen molar-refractivity contribution in [2.45, 2.75) is 6.61 Å². The summed E-state index contributed by atoms with van der Waals surface area (Å²) in [6, 6.07) is 14.7. The highest BCUT2D eigenvalue weighted by atomic mass is 35.5. The second kappa shape index (κ2) is 8.34. The van der Waals surface area contributed by atoms with E-state index in [-0.39, 0.29) is 10.6 Å². The number of halogens is 1. The quantitative estimate of drug-likeness (QED) is 0.478. The molecule has 0 bridgehead atoms. The molecule has 0 amide bonds. The Balaban J connectivity index is 2.35. The Labute approximate surface area is 151 Å². The van der Waals surface area contributed by atoms with Crippen LogP contribution in [0.15, 0.2) is 48.0 Å². The zero-order chi connectivity index (χ0) is 17.5. The van der Waals surface area contributed by atoms with Crippen molar-refractivity contribution in [2.75, 3.05) is 7.11 Å². The van der Waals surface area contributed by atoms with Crippen LogP contribution in [-0.4, -0.2) is 12.1 Å². The van der Waals surface area contributed by atoms with Crippen LogP contribution in [-0.2, 0) is 6.61 Å². The molecular weight excluding hydrogens is 344 g/mol. The molecule has 2 N–H and O–H groups in total. The number of nitrogens with zero attached hydrogens (tertiary/aromatic N) is 1. The predicted octanol–water partition coefficient (Wildman–Crippen LogP) is 4.12. The van der Waals surface area contributed by atoms with E-state index in [9.17, 15) is 0 Å². The van der Waals surface area contributed by atoms with Crippen molar-refractivity contribution in [1.29, 1.82) is 5.26 Å². The van der Waals surface area contributed by atoms with Crippen molar-refractivity contribution >= 4 is 34.9 Å². The van der Waals surface area contributed by atoms with Gasteiger partial charge in [-0.3, -0.25) is 0 Å². The van der Waals surface area contributed by atoms with Crippen molar-refractivity contribution in [2.24, 2.45) is 5.73 Å². The zero-order valence-electron chi connectivity index (χ0n) is 13.0. The molecule has 0 heterocycles. The highest BCUT2D eigenvalue weighted by Gasteiger charge is 2.11. The van der Waals surface area contributed by atoms with Gasteiger partial charge in [-0.05, 0) is 29.8 Å². The summed E-state index contributed by atoms with van der Waals surface area (Å²) in [5.74, 6) is 1.07. The van der Waals surface area contributed by atoms with Crippen LogP contribution in [0.5, 0.6) is 11.5 Å². The Hall–Kier alpha value is -2.55. The Morgan fingerprint density at radius 3 is 2.58 bits per heavy atom. The molecule has 0 aromatic heterocycles. The van der Waals surface area contributed by atoms with Crippen molar-refractivity contribution < 1.29 is 9.47 Å². The zero-order valence-corrected chi connectivity index (χ0v) is 14.5. The largest absolute Gasteiger partial charge is 0.493 e. The lowest BCUT2D eigenvalue weighted by Gasteiger charge is -2.14. The number of nitrogens with two attached hydrogens (primary N) is 1. The van der Waals surface area contributed by atoms with E-state index in [0.717, 1.165) is 5.56 Å². The third kappa shape index (κ3) is 4.48. The van der Waals surface area contributed by atoms with Crippen LogP contribution in [0.4, 0.5) is 0 Å². The minimum atomic E-state index is 0.0315. The summed E-state index contributed by atoms with van der Waals surface area (Å²) in [5, 5.41) is 9.80. The van der Waals surface area contributed by atoms with Gasteiger partial charge in [0.2, 0.25) is 0 Å². The lowest BCUT2D eigenvalue weighted by molar-refractivity contribution is 0.284. The lowest BCUT2D eigenvalue weighted by atomic mass is 10.1. The minimum Gasteiger partial charge on any atom is -0.493 e. The van der Waals surface area contributed by atoms with Gasteiger partial charge >= 0.3 is 0 Å². The van der Waals surface area contributed by atoms with Crippen molar-refractivity contribution in [1.82, 2.24) is 0 Å². The molecule has 24 heavy (non-hydrogen) atoms. The molecule has 0 unspecified atom stereocenters. The van der Waals surface area contributed by atoms with E-state index < -0.39 is 0 Å². The molecule has 0 atom stereocenters. The van der Waals surface area contributed by atoms with Crippen molar-refractivity contribution in [3.8, 4) is 17.6 Å². The van der Waals surface area contributed by atoms with E-state index in [1.807, 2.05) is 18.2 Å². The molecule has 0 aliphatic heterocycles. The number of para-hydroxylation sites is 1. The highest BCUT2D eigenvalue weighted by molar-refractivity contribution is 7.80. The molecule has 0 saturated heterocycles. The van der Waals surface area contributed by atoms with Gasteiger partial charge in [0, 0.05) is 10.6 Å². The molecule has 6 heteroatoms. The van der Waals surface area contributed by atoms with Crippen LogP contribution < -0.4 is 15.2 Å². The summed E-state index contributed by atoms with van der Waals surface area (Å²) in [6.07, 6.45) is 1.59. The Morgan fingerprint density at radius 1 is 1.29 bits per heavy atom. The summed E-state index contributed by atoms with van der Waals surface area (Å²) >= 11 is 10.8. The monoisotopic (exact) mass is 358 g/mol. The molecule has 4 nitrogen and oxygen atoms in total. The van der Waals surface area contributed by atoms with Gasteiger partial charge in [-0.1, -0.05) is 48.1 Å². The maximum Gasteiger partial charge on any atom is 0.168 e. The first-order chi connectivity index (χ1) is 11.5. The average Bonchev–Trinajstić information content (AvgIpc) is 2.59. The third-order valence-electron chi connectivity index (χ3n) is 3.21. The highest BCUT2D eigenvalue weighted by Crippen LogP contribution is 2.33. The Bertz CT molecular complexity index is 811. The van der Waals surface area contributed by atoms with Crippen LogP contribution in [0.1, 0.15) is 11.1 Å². The summed E-state index contributed by atoms with van der Waals surface area (Å²) in [7, 11) is 1.55. The number of methoxy groups -OCH3 is 1. The third-order valence-corrected chi connectivity index (χ3v) is 3.68. The first-order valence-corrected chi connectivity index (χ1v) is 7.79. The van der Waals surface area contributed by atoms with Gasteiger partial charge in [0.1, 0.15) is 17.7 Å². The van der Waals surface area contributed by atoms with Gasteiger partial charge in [0.15, 0.2) is 11.5 Å². The molecule has 0 spiro atoms. The van der Waals surface area contributed by atoms with Crippen LogP contribution in [0.2, 0.25) is 5.02 Å². The van der Waals surface area contributed by atoms with Crippen LogP contribution in [0.25, 0.3) is 6.08 Å². The molecule has 122 valence electrons. The normalized spacial score (nSPS) is 10.8. The van der Waals surface area contributed by atoms with E-state index in [1.165, 1.54) is 0 Å². The van der Waals surface area contributed by atoms with Gasteiger partial charge in [-0.15, -0.1) is 0 Å². The Kier molecular flexibility index (Phi) is 6.19. The summed E-state index contributed by atoms with van der Waals surface area (Å²) in [4.78, 5) is 0.0315. The fourth-order valence-electron chi connectivity index (χ4n) is 2.01. The summed E-state index contributed by atoms with van der Waals surface area (Å²) in [5.41, 5.74) is 7.37. The first kappa shape index (κ1) is 17.8. The number of hydrogen-bond donors (Lipinski definition) is 1. The number of hydrogen-bond acceptors (Lipinski definition) is 4. The molecule has 2 aromatic rings. The number of ether oxygens (including phenoxy) is 2. The molecular formula is C18H15ClN2O2S. The van der Waals surface area contributed by atoms with E-state index in [1.54, 1.807) is 43.5 Å². The molecule has 0 radical (unpaired) electrons. The van der Waals surface area contributed by atoms with E-state index >= 15 is 0 Å². The second-order valence-electron chi connectivity index (χ2n) is 4.83. The fourth-order valence-corrected chi connectivity index (χ4v) is 2.24. The number of rotatable bonds is 6. The van der Waals surface area contributed by atoms with Gasteiger partial charge in [0.25, 0.3) is 0 Å². The van der Waals surface area contributed by atoms with Crippen LogP contribution in [0, 0.1) is 11.3 Å². The number of benzene rings is 2. The van der Waals surface area contributed by atoms with E-state index in [2.05, 4.69) is 0 Å². The van der Waals surface area contributed by atoms with E-state index in [0.29, 0.717) is 28.7 Å². The number of nitriles is 1. The molecule has 0 saturated carbocycles. The summed E-state index contributed by atoms with van der Waals surface area (Å²) in [6.45, 7) is 0.327. The van der Waals surface area contributed by atoms with Gasteiger partial charge < -0.3 is 15.2 Å². The maximum atomic E-state index is 9.14. The maximum absolute atomic E-state index is 9.14. The lowest BCUT2D eigenvalue weighted by Crippen LogP contribution is -2.10. The first-order valence-electron chi connectivity index (χ1n) is 7.01. The fraction of sp³-hybridized carbons (Fsp3) is 0.111. The predicted molar refractivity (Wildman–Crippen MR) is 99.2 cm³/mol. The average molecular weight is 359 g/mol. The van der Waals surface area contributed by atoms with E-state index in [4.69, 9.17) is 44.3 Å². The molecule has 0 fully saturated rings. The van der Waals surface area contributed by atoms with Crippen molar-refractivity contribution in [3.63, 3.8) is 0 Å². The topological polar surface area (TPSA) is 68.3 Å². The molecule has 0 aliphatic rings. The van der Waals surface area contributed by atoms with Gasteiger partial charge in [0.05, 0.1) is 12.7 Å². The minimum absolute atomic E-state index is 0.0315. The smallest absolute Gasteiger partial charge is 0.168 e. The summed E-state index contributed by atoms with van der Waals surface area (Å²) < 4.78 is 11.3. The standard InChI is InChI=1S/C18H15ClN2O2S/c1-22-16-4-2-3-13(9-14(10-20)18(21)24)17(16)23-11-12-5-7-15(19)8-6-12/h2-9H,11H2,1H3,(H2,21,24)/b14-9+. The second-order valence-corrected chi connectivity index (χ2v) is 5.70. The molecule has 2 rings (SSSR count). The molecule has 2 aromatic carbocycles. The van der Waals surface area contributed by atoms with Gasteiger partial charge in [-0.2, -0.15) is 5.26 Å². The SMILES string of the molecule is COc1cccc(/C=C(\C#N)C(N)=S)c1OCc1ccc(Cl)cc1. The molecule has 0 aliphatic carbocycles. The van der Waals surface area contributed by atoms with Crippen LogP contribution >= 0.6 is 23.8 Å².